The predicted octanol–water partition coefficient (Wildman–Crippen LogP) is 2.38. The average Bonchev–Trinajstić information content (AvgIpc) is 2.17. The molecule has 1 rings (SSSR count). The number of nitrogens with one attached hydrogen (secondary N) is 1. The summed E-state index contributed by atoms with van der Waals surface area (Å²) in [6, 6.07) is 2.51. The first-order valence-electron chi connectivity index (χ1n) is 4.65. The first-order chi connectivity index (χ1) is 7.54. The van der Waals surface area contributed by atoms with Crippen LogP contribution in [0.5, 0.6) is 0 Å². The maximum atomic E-state index is 11.3. The number of hydrogen-bond acceptors (Lipinski definition) is 4. The van der Waals surface area contributed by atoms with Crippen molar-refractivity contribution in [1.82, 2.24) is 4.98 Å². The summed E-state index contributed by atoms with van der Waals surface area (Å²) in [5.74, 6) is -0.434. The van der Waals surface area contributed by atoms with Gasteiger partial charge in [-0.2, -0.15) is 0 Å². The topological polar surface area (TPSA) is 85.1 Å². The van der Waals surface area contributed by atoms with Gasteiger partial charge >= 0.3 is 5.69 Å². The van der Waals surface area contributed by atoms with Crippen molar-refractivity contribution in [3.8, 4) is 0 Å². The van der Waals surface area contributed by atoms with Gasteiger partial charge in [0.05, 0.1) is 4.92 Å². The second kappa shape index (κ2) is 5.41. The molecule has 6 nitrogen and oxygen atoms in total. The Morgan fingerprint density at radius 3 is 2.88 bits per heavy atom. The zero-order valence-corrected chi connectivity index (χ0v) is 9.32. The van der Waals surface area contributed by atoms with Gasteiger partial charge in [0.1, 0.15) is 5.15 Å². The number of pyridine rings is 1. The molecule has 0 atom stereocenters. The summed E-state index contributed by atoms with van der Waals surface area (Å²) >= 11 is 5.60. The number of nitrogens with zero attached hydrogens (tertiary/aromatic N) is 2. The van der Waals surface area contributed by atoms with Crippen LogP contribution in [0.15, 0.2) is 12.1 Å². The van der Waals surface area contributed by atoms with E-state index in [2.05, 4.69) is 10.3 Å². The second-order valence-electron chi connectivity index (χ2n) is 3.06. The molecule has 0 aromatic carbocycles. The number of halogens is 1. The van der Waals surface area contributed by atoms with E-state index in [4.69, 9.17) is 11.6 Å². The van der Waals surface area contributed by atoms with Gasteiger partial charge in [0.15, 0.2) is 0 Å². The van der Waals surface area contributed by atoms with E-state index in [-0.39, 0.29) is 29.0 Å². The lowest BCUT2D eigenvalue weighted by Crippen LogP contribution is -2.13. The smallest absolute Gasteiger partial charge is 0.305 e. The van der Waals surface area contributed by atoms with E-state index in [1.54, 1.807) is 0 Å². The lowest BCUT2D eigenvalue weighted by molar-refractivity contribution is -0.384. The van der Waals surface area contributed by atoms with E-state index in [9.17, 15) is 14.9 Å². The van der Waals surface area contributed by atoms with Crippen molar-refractivity contribution >= 4 is 29.0 Å². The van der Waals surface area contributed by atoms with E-state index in [1.165, 1.54) is 12.1 Å². The van der Waals surface area contributed by atoms with Crippen molar-refractivity contribution < 1.29 is 9.72 Å². The molecule has 0 aliphatic heterocycles. The van der Waals surface area contributed by atoms with Gasteiger partial charge in [0.25, 0.3) is 0 Å². The normalized spacial score (nSPS) is 9.88. The summed E-state index contributed by atoms with van der Waals surface area (Å²) < 4.78 is 0. The standard InChI is InChI=1S/C9H10ClN3O3/c1-2-3-8(14)12-9-6(13(15)16)4-5-7(10)11-9/h4-5H,2-3H2,1H3,(H,11,12,14). The number of rotatable bonds is 4. The first-order valence-corrected chi connectivity index (χ1v) is 5.03. The Morgan fingerprint density at radius 2 is 2.31 bits per heavy atom. The number of carbonyl (C=O) groups is 1. The molecule has 0 unspecified atom stereocenters. The van der Waals surface area contributed by atoms with Crippen LogP contribution in [-0.4, -0.2) is 15.8 Å². The molecule has 0 bridgehead atoms. The third-order valence-corrected chi connectivity index (χ3v) is 1.98. The van der Waals surface area contributed by atoms with E-state index in [1.807, 2.05) is 6.92 Å². The molecule has 0 saturated carbocycles. The first kappa shape index (κ1) is 12.4. The van der Waals surface area contributed by atoms with Crippen LogP contribution in [0.2, 0.25) is 5.15 Å². The lowest BCUT2D eigenvalue weighted by atomic mass is 10.3. The Morgan fingerprint density at radius 1 is 1.62 bits per heavy atom. The van der Waals surface area contributed by atoms with Gasteiger partial charge in [-0.15, -0.1) is 0 Å². The molecule has 0 fully saturated rings. The maximum Gasteiger partial charge on any atom is 0.311 e. The fraction of sp³-hybridized carbons (Fsp3) is 0.333. The minimum atomic E-state index is -0.620. The summed E-state index contributed by atoms with van der Waals surface area (Å²) in [6.07, 6.45) is 0.936. The Kier molecular flexibility index (Phi) is 4.19. The molecule has 1 N–H and O–H groups in total. The number of aromatic nitrogens is 1. The highest BCUT2D eigenvalue weighted by Crippen LogP contribution is 2.23. The van der Waals surface area contributed by atoms with Crippen molar-refractivity contribution in [2.45, 2.75) is 19.8 Å². The van der Waals surface area contributed by atoms with Gasteiger partial charge in [-0.05, 0) is 12.5 Å². The molecule has 0 spiro atoms. The Hall–Kier alpha value is -1.69. The van der Waals surface area contributed by atoms with Crippen LogP contribution in [0.1, 0.15) is 19.8 Å². The average molecular weight is 244 g/mol. The predicted molar refractivity (Wildman–Crippen MR) is 59.4 cm³/mol. The van der Waals surface area contributed by atoms with Crippen LogP contribution < -0.4 is 5.32 Å². The maximum absolute atomic E-state index is 11.3. The number of carbonyl (C=O) groups excluding carboxylic acids is 1. The molecule has 16 heavy (non-hydrogen) atoms. The third kappa shape index (κ3) is 3.16. The van der Waals surface area contributed by atoms with Crippen LogP contribution in [-0.2, 0) is 4.79 Å². The SMILES string of the molecule is CCCC(=O)Nc1nc(Cl)ccc1[N+](=O)[O-]. The highest BCUT2D eigenvalue weighted by atomic mass is 35.5. The summed E-state index contributed by atoms with van der Waals surface area (Å²) in [5.41, 5.74) is -0.270. The van der Waals surface area contributed by atoms with Crippen LogP contribution in [0, 0.1) is 10.1 Å². The fourth-order valence-electron chi connectivity index (χ4n) is 1.09. The van der Waals surface area contributed by atoms with Crippen LogP contribution >= 0.6 is 11.6 Å². The quantitative estimate of drug-likeness (QED) is 0.500. The molecule has 1 aromatic rings. The minimum absolute atomic E-state index is 0.0948. The van der Waals surface area contributed by atoms with Gasteiger partial charge in [-0.1, -0.05) is 18.5 Å². The van der Waals surface area contributed by atoms with Gasteiger partial charge in [-0.3, -0.25) is 14.9 Å². The molecule has 86 valence electrons. The van der Waals surface area contributed by atoms with Crippen molar-refractivity contribution in [3.63, 3.8) is 0 Å². The zero-order valence-electron chi connectivity index (χ0n) is 8.57. The fourth-order valence-corrected chi connectivity index (χ4v) is 1.24. The van der Waals surface area contributed by atoms with Crippen molar-refractivity contribution in [1.29, 1.82) is 0 Å². The van der Waals surface area contributed by atoms with Gasteiger partial charge in [0, 0.05) is 12.5 Å². The monoisotopic (exact) mass is 243 g/mol. The van der Waals surface area contributed by atoms with Crippen molar-refractivity contribution in [2.75, 3.05) is 5.32 Å². The van der Waals surface area contributed by atoms with Crippen LogP contribution in [0.4, 0.5) is 11.5 Å². The lowest BCUT2D eigenvalue weighted by Gasteiger charge is -2.04. The van der Waals surface area contributed by atoms with E-state index < -0.39 is 4.92 Å². The minimum Gasteiger partial charge on any atom is -0.305 e. The van der Waals surface area contributed by atoms with Gasteiger partial charge in [0.2, 0.25) is 11.7 Å². The van der Waals surface area contributed by atoms with Gasteiger partial charge < -0.3 is 5.32 Å². The number of nitro groups is 1. The Bertz CT molecular complexity index is 422. The molecule has 7 heteroatoms. The Labute approximate surface area is 96.8 Å². The molecule has 0 saturated heterocycles. The van der Waals surface area contributed by atoms with Crippen molar-refractivity contribution in [3.05, 3.63) is 27.4 Å². The molecular formula is C9H10ClN3O3. The molecule has 0 aliphatic rings. The zero-order chi connectivity index (χ0) is 12.1. The van der Waals surface area contributed by atoms with E-state index >= 15 is 0 Å². The summed E-state index contributed by atoms with van der Waals surface area (Å²) in [7, 11) is 0. The number of amides is 1. The van der Waals surface area contributed by atoms with Crippen molar-refractivity contribution in [2.24, 2.45) is 0 Å². The third-order valence-electron chi connectivity index (χ3n) is 1.77. The molecule has 1 amide bonds. The second-order valence-corrected chi connectivity index (χ2v) is 3.44. The number of hydrogen-bond donors (Lipinski definition) is 1. The highest BCUT2D eigenvalue weighted by molar-refractivity contribution is 6.29. The summed E-state index contributed by atoms with van der Waals surface area (Å²) in [6.45, 7) is 1.83. The highest BCUT2D eigenvalue weighted by Gasteiger charge is 2.17. The number of anilines is 1. The van der Waals surface area contributed by atoms with E-state index in [0.717, 1.165) is 0 Å². The molecule has 1 heterocycles. The molecular weight excluding hydrogens is 234 g/mol. The molecule has 0 radical (unpaired) electrons. The summed E-state index contributed by atoms with van der Waals surface area (Å²) in [5, 5.41) is 13.1. The molecule has 0 aliphatic carbocycles. The van der Waals surface area contributed by atoms with E-state index in [0.29, 0.717) is 6.42 Å². The largest absolute Gasteiger partial charge is 0.311 e. The van der Waals surface area contributed by atoms with Crippen LogP contribution in [0.3, 0.4) is 0 Å². The van der Waals surface area contributed by atoms with Gasteiger partial charge in [-0.25, -0.2) is 4.98 Å². The summed E-state index contributed by atoms with van der Waals surface area (Å²) in [4.78, 5) is 25.0. The molecule has 1 aromatic heterocycles. The Balaban J connectivity index is 2.96. The van der Waals surface area contributed by atoms with Crippen LogP contribution in [0.25, 0.3) is 0 Å².